The number of ether oxygens (including phenoxy) is 1. The molecular weight excluding hydrogens is 292 g/mol. The molecule has 1 aliphatic heterocycles. The highest BCUT2D eigenvalue weighted by Crippen LogP contribution is 2.45. The van der Waals surface area contributed by atoms with Gasteiger partial charge in [-0.15, -0.1) is 0 Å². The summed E-state index contributed by atoms with van der Waals surface area (Å²) in [5, 5.41) is 11.5. The second-order valence-electron chi connectivity index (χ2n) is 6.57. The summed E-state index contributed by atoms with van der Waals surface area (Å²) in [5.74, 6) is 0.754. The average molecular weight is 312 g/mol. The van der Waals surface area contributed by atoms with Crippen molar-refractivity contribution in [1.29, 1.82) is 0 Å². The summed E-state index contributed by atoms with van der Waals surface area (Å²) in [6.07, 6.45) is 4.40. The average Bonchev–Trinajstić information content (AvgIpc) is 3.37. The number of nitrogens with zero attached hydrogens (tertiary/aromatic N) is 2. The number of hydrogen-bond donors (Lipinski definition) is 1. The van der Waals surface area contributed by atoms with Crippen LogP contribution >= 0.6 is 0 Å². The van der Waals surface area contributed by atoms with E-state index in [0.29, 0.717) is 36.7 Å². The number of fused-ring (bicyclic) bond motifs is 1. The van der Waals surface area contributed by atoms with Crippen molar-refractivity contribution in [1.82, 2.24) is 9.88 Å². The Morgan fingerprint density at radius 2 is 2.17 bits per heavy atom. The van der Waals surface area contributed by atoms with Gasteiger partial charge in [-0.3, -0.25) is 9.78 Å². The third-order valence-corrected chi connectivity index (χ3v) is 5.08. The molecule has 1 aromatic carbocycles. The number of methoxy groups -OCH3 is 1. The van der Waals surface area contributed by atoms with E-state index in [-0.39, 0.29) is 5.91 Å². The highest BCUT2D eigenvalue weighted by Gasteiger charge is 2.49. The van der Waals surface area contributed by atoms with Crippen LogP contribution in [0.4, 0.5) is 0 Å². The van der Waals surface area contributed by atoms with Crippen molar-refractivity contribution >= 4 is 16.8 Å². The van der Waals surface area contributed by atoms with Gasteiger partial charge in [-0.2, -0.15) is 0 Å². The Balaban J connectivity index is 1.72. The quantitative estimate of drug-likeness (QED) is 0.944. The molecule has 1 atom stereocenters. The molecule has 23 heavy (non-hydrogen) atoms. The molecule has 2 aliphatic rings. The van der Waals surface area contributed by atoms with E-state index in [0.717, 1.165) is 23.7 Å². The summed E-state index contributed by atoms with van der Waals surface area (Å²) in [4.78, 5) is 19.2. The predicted octanol–water partition coefficient (Wildman–Crippen LogP) is 2.23. The first-order chi connectivity index (χ1) is 11.1. The first-order valence-electron chi connectivity index (χ1n) is 8.06. The third kappa shape index (κ3) is 2.36. The van der Waals surface area contributed by atoms with Crippen molar-refractivity contribution in [3.8, 4) is 5.75 Å². The highest BCUT2D eigenvalue weighted by molar-refractivity contribution is 6.08. The van der Waals surface area contributed by atoms with Crippen LogP contribution in [0.25, 0.3) is 10.9 Å². The number of carbonyl (C=O) groups excluding carboxylic acids is 1. The standard InChI is InChI=1S/C18H20N2O3/c1-23-15-10-19-14-5-3-2-4-13(14)16(15)17(21)20-9-8-18(22,11-20)12-6-7-12/h2-5,10,12,22H,6-9,11H2,1H3. The number of pyridine rings is 1. The molecule has 1 amide bonds. The van der Waals surface area contributed by atoms with Crippen LogP contribution in [-0.4, -0.2) is 46.7 Å². The Hall–Kier alpha value is -2.14. The summed E-state index contributed by atoms with van der Waals surface area (Å²) < 4.78 is 5.37. The van der Waals surface area contributed by atoms with Gasteiger partial charge in [0.25, 0.3) is 5.91 Å². The molecule has 1 aromatic heterocycles. The van der Waals surface area contributed by atoms with E-state index in [1.54, 1.807) is 18.2 Å². The molecule has 0 spiro atoms. The summed E-state index contributed by atoms with van der Waals surface area (Å²) in [7, 11) is 1.55. The van der Waals surface area contributed by atoms with Gasteiger partial charge in [0.15, 0.2) is 5.75 Å². The zero-order chi connectivity index (χ0) is 16.0. The summed E-state index contributed by atoms with van der Waals surface area (Å²) in [5.41, 5.74) is 0.609. The van der Waals surface area contributed by atoms with Gasteiger partial charge in [-0.1, -0.05) is 18.2 Å². The Bertz CT molecular complexity index is 772. The molecule has 1 saturated carbocycles. The number of β-amino-alcohol motifs (C(OH)–C–C–N with tert-alkyl or cyclic N) is 1. The molecule has 1 saturated heterocycles. The molecule has 5 nitrogen and oxygen atoms in total. The van der Waals surface area contributed by atoms with Crippen LogP contribution in [-0.2, 0) is 0 Å². The minimum Gasteiger partial charge on any atom is -0.494 e. The van der Waals surface area contributed by atoms with Gasteiger partial charge in [-0.05, 0) is 31.2 Å². The van der Waals surface area contributed by atoms with Crippen molar-refractivity contribution in [3.05, 3.63) is 36.0 Å². The van der Waals surface area contributed by atoms with Gasteiger partial charge in [0.1, 0.15) is 0 Å². The number of benzene rings is 1. The lowest BCUT2D eigenvalue weighted by Crippen LogP contribution is -2.37. The number of aromatic nitrogens is 1. The number of para-hydroxylation sites is 1. The Morgan fingerprint density at radius 3 is 2.91 bits per heavy atom. The van der Waals surface area contributed by atoms with Crippen molar-refractivity contribution in [2.75, 3.05) is 20.2 Å². The first kappa shape index (κ1) is 14.5. The highest BCUT2D eigenvalue weighted by atomic mass is 16.5. The maximum absolute atomic E-state index is 13.1. The van der Waals surface area contributed by atoms with Crippen LogP contribution in [0.3, 0.4) is 0 Å². The molecule has 4 rings (SSSR count). The molecule has 5 heteroatoms. The third-order valence-electron chi connectivity index (χ3n) is 5.08. The molecule has 2 fully saturated rings. The maximum atomic E-state index is 13.1. The normalized spacial score (nSPS) is 24.2. The first-order valence-corrected chi connectivity index (χ1v) is 8.06. The Labute approximate surface area is 134 Å². The number of aliphatic hydroxyl groups is 1. The van der Waals surface area contributed by atoms with E-state index in [1.165, 1.54) is 0 Å². The molecule has 2 aromatic rings. The van der Waals surface area contributed by atoms with Crippen LogP contribution < -0.4 is 4.74 Å². The Morgan fingerprint density at radius 1 is 1.39 bits per heavy atom. The van der Waals surface area contributed by atoms with Gasteiger partial charge in [-0.25, -0.2) is 0 Å². The zero-order valence-electron chi connectivity index (χ0n) is 13.2. The van der Waals surface area contributed by atoms with Gasteiger partial charge >= 0.3 is 0 Å². The fourth-order valence-corrected chi connectivity index (χ4v) is 3.60. The van der Waals surface area contributed by atoms with Crippen LogP contribution in [0.5, 0.6) is 5.75 Å². The van der Waals surface area contributed by atoms with E-state index in [4.69, 9.17) is 4.74 Å². The molecule has 1 N–H and O–H groups in total. The van der Waals surface area contributed by atoms with E-state index in [9.17, 15) is 9.90 Å². The number of likely N-dealkylation sites (tertiary alicyclic amines) is 1. The minimum absolute atomic E-state index is 0.0861. The summed E-state index contributed by atoms with van der Waals surface area (Å²) >= 11 is 0. The molecule has 120 valence electrons. The fourth-order valence-electron chi connectivity index (χ4n) is 3.60. The maximum Gasteiger partial charge on any atom is 0.258 e. The van der Waals surface area contributed by atoms with Gasteiger partial charge < -0.3 is 14.7 Å². The summed E-state index contributed by atoms with van der Waals surface area (Å²) in [6, 6.07) is 7.57. The van der Waals surface area contributed by atoms with Crippen LogP contribution in [0.2, 0.25) is 0 Å². The van der Waals surface area contributed by atoms with E-state index in [2.05, 4.69) is 4.98 Å². The molecule has 2 heterocycles. The number of rotatable bonds is 3. The van der Waals surface area contributed by atoms with Crippen LogP contribution in [0.1, 0.15) is 29.6 Å². The molecule has 1 unspecified atom stereocenters. The molecule has 0 bridgehead atoms. The van der Waals surface area contributed by atoms with Crippen molar-refractivity contribution in [2.24, 2.45) is 5.92 Å². The van der Waals surface area contributed by atoms with E-state index >= 15 is 0 Å². The lowest BCUT2D eigenvalue weighted by atomic mass is 9.97. The number of amides is 1. The topological polar surface area (TPSA) is 62.7 Å². The smallest absolute Gasteiger partial charge is 0.258 e. The predicted molar refractivity (Wildman–Crippen MR) is 86.5 cm³/mol. The summed E-state index contributed by atoms with van der Waals surface area (Å²) in [6.45, 7) is 1.00. The fraction of sp³-hybridized carbons (Fsp3) is 0.444. The zero-order valence-corrected chi connectivity index (χ0v) is 13.2. The molecule has 0 radical (unpaired) electrons. The van der Waals surface area contributed by atoms with Crippen molar-refractivity contribution < 1.29 is 14.6 Å². The Kier molecular flexibility index (Phi) is 3.27. The second kappa shape index (κ2) is 5.20. The van der Waals surface area contributed by atoms with E-state index in [1.807, 2.05) is 24.3 Å². The molecular formula is C18H20N2O3. The van der Waals surface area contributed by atoms with Crippen molar-refractivity contribution in [3.63, 3.8) is 0 Å². The SMILES string of the molecule is COc1cnc2ccccc2c1C(=O)N1CCC(O)(C2CC2)C1. The number of carbonyl (C=O) groups is 1. The molecule has 1 aliphatic carbocycles. The lowest BCUT2D eigenvalue weighted by molar-refractivity contribution is 0.0257. The number of hydrogen-bond acceptors (Lipinski definition) is 4. The second-order valence-corrected chi connectivity index (χ2v) is 6.57. The monoisotopic (exact) mass is 312 g/mol. The van der Waals surface area contributed by atoms with Gasteiger partial charge in [0.05, 0.1) is 36.5 Å². The minimum atomic E-state index is -0.703. The van der Waals surface area contributed by atoms with Crippen LogP contribution in [0, 0.1) is 5.92 Å². The lowest BCUT2D eigenvalue weighted by Gasteiger charge is -2.23. The van der Waals surface area contributed by atoms with E-state index < -0.39 is 5.60 Å². The van der Waals surface area contributed by atoms with Crippen molar-refractivity contribution in [2.45, 2.75) is 24.9 Å². The van der Waals surface area contributed by atoms with Crippen LogP contribution in [0.15, 0.2) is 30.5 Å². The van der Waals surface area contributed by atoms with Gasteiger partial charge in [0.2, 0.25) is 0 Å². The largest absolute Gasteiger partial charge is 0.494 e. The van der Waals surface area contributed by atoms with Gasteiger partial charge in [0, 0.05) is 11.9 Å².